The fraction of sp³-hybridized carbons (Fsp3) is 0.214. The van der Waals surface area contributed by atoms with Crippen LogP contribution in [0.2, 0.25) is 0 Å². The molecule has 2 rings (SSSR count). The van der Waals surface area contributed by atoms with Crippen molar-refractivity contribution < 1.29 is 9.31 Å². The maximum absolute atomic E-state index is 13.8. The minimum Gasteiger partial charge on any atom is -0.384 e. The molecule has 1 aromatic carbocycles. The van der Waals surface area contributed by atoms with Gasteiger partial charge < -0.3 is 10.6 Å². The van der Waals surface area contributed by atoms with Crippen LogP contribution >= 0.6 is 0 Å². The summed E-state index contributed by atoms with van der Waals surface area (Å²) in [6.45, 7) is 1.74. The maximum Gasteiger partial charge on any atom is 0.311 e. The van der Waals surface area contributed by atoms with E-state index in [1.165, 1.54) is 23.1 Å². The minimum absolute atomic E-state index is 0.107. The molecule has 2 aromatic rings. The Balaban J connectivity index is 2.44. The molecule has 0 radical (unpaired) electrons. The van der Waals surface area contributed by atoms with E-state index in [9.17, 15) is 14.5 Å². The van der Waals surface area contributed by atoms with Crippen LogP contribution in [0.25, 0.3) is 0 Å². The van der Waals surface area contributed by atoms with Crippen LogP contribution in [0.1, 0.15) is 18.5 Å². The molecule has 7 heteroatoms. The SMILES string of the molecule is CC(c1ccccc1F)N(C)c1nc(N)ccc1[N+](=O)[O-]. The van der Waals surface area contributed by atoms with E-state index in [1.54, 1.807) is 32.2 Å². The molecule has 1 unspecified atom stereocenters. The smallest absolute Gasteiger partial charge is 0.311 e. The summed E-state index contributed by atoms with van der Waals surface area (Å²) in [7, 11) is 1.62. The number of rotatable bonds is 4. The molecule has 1 heterocycles. The summed E-state index contributed by atoms with van der Waals surface area (Å²) in [5, 5.41) is 11.1. The highest BCUT2D eigenvalue weighted by Crippen LogP contribution is 2.32. The van der Waals surface area contributed by atoms with Crippen LogP contribution in [0.4, 0.5) is 21.7 Å². The molecule has 0 bridgehead atoms. The van der Waals surface area contributed by atoms with Gasteiger partial charge in [-0.2, -0.15) is 0 Å². The van der Waals surface area contributed by atoms with Gasteiger partial charge in [-0.1, -0.05) is 18.2 Å². The molecular weight excluding hydrogens is 275 g/mol. The molecule has 0 saturated carbocycles. The first-order chi connectivity index (χ1) is 9.91. The third-order valence-electron chi connectivity index (χ3n) is 3.34. The monoisotopic (exact) mass is 290 g/mol. The number of anilines is 2. The molecule has 110 valence electrons. The van der Waals surface area contributed by atoms with Crippen molar-refractivity contribution in [1.82, 2.24) is 4.98 Å². The van der Waals surface area contributed by atoms with Crippen molar-refractivity contribution in [2.75, 3.05) is 17.7 Å². The fourth-order valence-corrected chi connectivity index (χ4v) is 2.06. The summed E-state index contributed by atoms with van der Waals surface area (Å²) >= 11 is 0. The Hall–Kier alpha value is -2.70. The predicted octanol–water partition coefficient (Wildman–Crippen LogP) is 2.91. The number of aromatic nitrogens is 1. The van der Waals surface area contributed by atoms with E-state index in [-0.39, 0.29) is 23.1 Å². The van der Waals surface area contributed by atoms with Crippen LogP contribution in [-0.4, -0.2) is 17.0 Å². The molecule has 0 amide bonds. The Kier molecular flexibility index (Phi) is 4.02. The Labute approximate surface area is 121 Å². The van der Waals surface area contributed by atoms with Gasteiger partial charge in [-0.15, -0.1) is 0 Å². The zero-order chi connectivity index (χ0) is 15.6. The number of pyridine rings is 1. The summed E-state index contributed by atoms with van der Waals surface area (Å²) < 4.78 is 13.8. The van der Waals surface area contributed by atoms with Gasteiger partial charge in [0.25, 0.3) is 0 Å². The molecule has 0 aliphatic carbocycles. The highest BCUT2D eigenvalue weighted by Gasteiger charge is 2.24. The van der Waals surface area contributed by atoms with Gasteiger partial charge in [-0.05, 0) is 19.1 Å². The molecule has 0 aliphatic rings. The second-order valence-electron chi connectivity index (χ2n) is 4.64. The van der Waals surface area contributed by atoms with Crippen molar-refractivity contribution >= 4 is 17.3 Å². The third kappa shape index (κ3) is 2.91. The first-order valence-electron chi connectivity index (χ1n) is 6.30. The lowest BCUT2D eigenvalue weighted by Gasteiger charge is -2.26. The predicted molar refractivity (Wildman–Crippen MR) is 78.5 cm³/mol. The van der Waals surface area contributed by atoms with Gasteiger partial charge in [0.05, 0.1) is 11.0 Å². The molecule has 0 fully saturated rings. The Morgan fingerprint density at radius 2 is 2.00 bits per heavy atom. The maximum atomic E-state index is 13.8. The number of nitrogen functional groups attached to an aromatic ring is 1. The van der Waals surface area contributed by atoms with E-state index >= 15 is 0 Å². The number of nitrogens with two attached hydrogens (primary N) is 1. The van der Waals surface area contributed by atoms with Crippen LogP contribution < -0.4 is 10.6 Å². The lowest BCUT2D eigenvalue weighted by Crippen LogP contribution is -2.24. The van der Waals surface area contributed by atoms with Gasteiger partial charge in [-0.25, -0.2) is 9.37 Å². The summed E-state index contributed by atoms with van der Waals surface area (Å²) in [6.07, 6.45) is 0. The number of hydrogen-bond acceptors (Lipinski definition) is 5. The number of halogens is 1. The second-order valence-corrected chi connectivity index (χ2v) is 4.64. The molecule has 0 spiro atoms. The van der Waals surface area contributed by atoms with Gasteiger partial charge in [0.15, 0.2) is 0 Å². The van der Waals surface area contributed by atoms with Gasteiger partial charge in [0.1, 0.15) is 11.6 Å². The Morgan fingerprint density at radius 3 is 2.62 bits per heavy atom. The zero-order valence-electron chi connectivity index (χ0n) is 11.7. The van der Waals surface area contributed by atoms with Crippen LogP contribution in [0.3, 0.4) is 0 Å². The quantitative estimate of drug-likeness (QED) is 0.691. The topological polar surface area (TPSA) is 85.3 Å². The molecule has 0 aliphatic heterocycles. The van der Waals surface area contributed by atoms with Crippen molar-refractivity contribution in [3.63, 3.8) is 0 Å². The normalized spacial score (nSPS) is 12.0. The van der Waals surface area contributed by atoms with Crippen LogP contribution in [-0.2, 0) is 0 Å². The summed E-state index contributed by atoms with van der Waals surface area (Å²) in [6, 6.07) is 8.51. The third-order valence-corrected chi connectivity index (χ3v) is 3.34. The van der Waals surface area contributed by atoms with E-state index in [2.05, 4.69) is 4.98 Å². The van der Waals surface area contributed by atoms with Crippen molar-refractivity contribution in [3.05, 3.63) is 57.9 Å². The molecule has 21 heavy (non-hydrogen) atoms. The number of hydrogen-bond donors (Lipinski definition) is 1. The van der Waals surface area contributed by atoms with Crippen molar-refractivity contribution in [2.45, 2.75) is 13.0 Å². The average Bonchev–Trinajstić information content (AvgIpc) is 2.45. The standard InChI is InChI=1S/C14H15FN4O2/c1-9(10-5-3-4-6-11(10)15)18(2)14-12(19(20)21)7-8-13(16)17-14/h3-9H,1-2H3,(H2,16,17). The Morgan fingerprint density at radius 1 is 1.33 bits per heavy atom. The largest absolute Gasteiger partial charge is 0.384 e. The highest BCUT2D eigenvalue weighted by atomic mass is 19.1. The molecule has 0 saturated heterocycles. The minimum atomic E-state index is -0.535. The second kappa shape index (κ2) is 5.74. The van der Waals surface area contributed by atoms with Crippen LogP contribution in [0.15, 0.2) is 36.4 Å². The first kappa shape index (κ1) is 14.7. The zero-order valence-corrected chi connectivity index (χ0v) is 11.7. The van der Waals surface area contributed by atoms with Gasteiger partial charge >= 0.3 is 5.69 Å². The van der Waals surface area contributed by atoms with Crippen LogP contribution in [0, 0.1) is 15.9 Å². The first-order valence-corrected chi connectivity index (χ1v) is 6.30. The highest BCUT2D eigenvalue weighted by molar-refractivity contribution is 5.61. The van der Waals surface area contributed by atoms with E-state index < -0.39 is 11.0 Å². The summed E-state index contributed by atoms with van der Waals surface area (Å²) in [4.78, 5) is 16.1. The number of benzene rings is 1. The molecule has 1 aromatic heterocycles. The van der Waals surface area contributed by atoms with Crippen molar-refractivity contribution in [2.24, 2.45) is 0 Å². The molecule has 2 N–H and O–H groups in total. The number of nitrogens with zero attached hydrogens (tertiary/aromatic N) is 3. The van der Waals surface area contributed by atoms with Gasteiger partial charge in [0, 0.05) is 18.7 Å². The van der Waals surface area contributed by atoms with Crippen LogP contribution in [0.5, 0.6) is 0 Å². The number of nitro groups is 1. The summed E-state index contributed by atoms with van der Waals surface area (Å²) in [5.74, 6) is -0.0951. The van der Waals surface area contributed by atoms with E-state index in [1.807, 2.05) is 0 Å². The van der Waals surface area contributed by atoms with Crippen molar-refractivity contribution in [1.29, 1.82) is 0 Å². The summed E-state index contributed by atoms with van der Waals surface area (Å²) in [5.41, 5.74) is 5.86. The van der Waals surface area contributed by atoms with E-state index in [0.29, 0.717) is 5.56 Å². The molecular formula is C14H15FN4O2. The molecule has 1 atom stereocenters. The Bertz CT molecular complexity index is 678. The average molecular weight is 290 g/mol. The lowest BCUT2D eigenvalue weighted by atomic mass is 10.1. The fourth-order valence-electron chi connectivity index (χ4n) is 2.06. The molecule has 6 nitrogen and oxygen atoms in total. The van der Waals surface area contributed by atoms with Gasteiger partial charge in [-0.3, -0.25) is 10.1 Å². The van der Waals surface area contributed by atoms with Crippen molar-refractivity contribution in [3.8, 4) is 0 Å². The lowest BCUT2D eigenvalue weighted by molar-refractivity contribution is -0.384. The van der Waals surface area contributed by atoms with E-state index in [4.69, 9.17) is 5.73 Å². The van der Waals surface area contributed by atoms with E-state index in [0.717, 1.165) is 0 Å². The van der Waals surface area contributed by atoms with Gasteiger partial charge in [0.2, 0.25) is 5.82 Å².